The van der Waals surface area contributed by atoms with Gasteiger partial charge in [0.25, 0.3) is 0 Å². The summed E-state index contributed by atoms with van der Waals surface area (Å²) in [4.78, 5) is 0. The van der Waals surface area contributed by atoms with Gasteiger partial charge in [-0.1, -0.05) is 30.7 Å². The Bertz CT molecular complexity index is 396. The van der Waals surface area contributed by atoms with Crippen LogP contribution in [-0.4, -0.2) is 20.5 Å². The summed E-state index contributed by atoms with van der Waals surface area (Å²) in [6.45, 7) is 4.40. The van der Waals surface area contributed by atoms with E-state index in [9.17, 15) is 0 Å². The molecule has 1 aliphatic rings. The zero-order valence-electron chi connectivity index (χ0n) is 11.2. The smallest absolute Gasteiger partial charge is 0.166 e. The quantitative estimate of drug-likeness (QED) is 0.748. The number of ether oxygens (including phenoxy) is 2. The van der Waals surface area contributed by atoms with Gasteiger partial charge >= 0.3 is 0 Å². The number of hydrogen-bond acceptors (Lipinski definition) is 2. The van der Waals surface area contributed by atoms with E-state index in [2.05, 4.69) is 32.0 Å². The summed E-state index contributed by atoms with van der Waals surface area (Å²) in [5.41, 5.74) is 4.16. The first kappa shape index (κ1) is 12.6. The highest BCUT2D eigenvalue weighted by Gasteiger charge is 2.39. The van der Waals surface area contributed by atoms with Crippen molar-refractivity contribution in [2.24, 2.45) is 0 Å². The van der Waals surface area contributed by atoms with Gasteiger partial charge in [0, 0.05) is 19.6 Å². The molecule has 0 amide bonds. The molecule has 0 aliphatic heterocycles. The Kier molecular flexibility index (Phi) is 3.55. The number of aryl methyl sites for hydroxylation is 2. The summed E-state index contributed by atoms with van der Waals surface area (Å²) in [5, 5.41) is 0. The van der Waals surface area contributed by atoms with Crippen LogP contribution >= 0.6 is 0 Å². The fourth-order valence-corrected chi connectivity index (χ4v) is 3.13. The van der Waals surface area contributed by atoms with Crippen molar-refractivity contribution in [3.63, 3.8) is 0 Å². The summed E-state index contributed by atoms with van der Waals surface area (Å²) in [6, 6.07) is 6.73. The molecule has 0 saturated carbocycles. The number of fused-ring (bicyclic) bond motifs is 1. The lowest BCUT2D eigenvalue weighted by Crippen LogP contribution is -2.42. The molecule has 94 valence electrons. The third kappa shape index (κ3) is 2.12. The molecule has 0 saturated heterocycles. The van der Waals surface area contributed by atoms with E-state index < -0.39 is 0 Å². The van der Waals surface area contributed by atoms with E-state index in [0.717, 1.165) is 6.42 Å². The maximum absolute atomic E-state index is 5.51. The van der Waals surface area contributed by atoms with Crippen molar-refractivity contribution >= 4 is 0 Å². The van der Waals surface area contributed by atoms with Crippen LogP contribution in [0, 0.1) is 6.92 Å². The third-order valence-electron chi connectivity index (χ3n) is 3.97. The lowest BCUT2D eigenvalue weighted by molar-refractivity contribution is -0.149. The molecule has 2 nitrogen and oxygen atoms in total. The molecule has 0 aromatic heterocycles. The van der Waals surface area contributed by atoms with Crippen LogP contribution in [0.2, 0.25) is 0 Å². The van der Waals surface area contributed by atoms with Gasteiger partial charge in [-0.3, -0.25) is 0 Å². The van der Waals surface area contributed by atoms with E-state index in [1.165, 1.54) is 29.5 Å². The van der Waals surface area contributed by atoms with E-state index in [-0.39, 0.29) is 11.7 Å². The highest BCUT2D eigenvalue weighted by Crippen LogP contribution is 2.41. The van der Waals surface area contributed by atoms with Crippen LogP contribution in [0.15, 0.2) is 18.2 Å². The SMILES string of the molecule is COC(OC)C1(C)CCCc2cc(C)ccc21. The highest BCUT2D eigenvalue weighted by atomic mass is 16.7. The first-order valence-electron chi connectivity index (χ1n) is 6.27. The largest absolute Gasteiger partial charge is 0.355 e. The van der Waals surface area contributed by atoms with Crippen LogP contribution in [0.1, 0.15) is 36.5 Å². The fourth-order valence-electron chi connectivity index (χ4n) is 3.13. The molecule has 0 N–H and O–H groups in total. The molecule has 0 spiro atoms. The Morgan fingerprint density at radius 2 is 1.94 bits per heavy atom. The Morgan fingerprint density at radius 1 is 1.24 bits per heavy atom. The molecule has 2 heteroatoms. The first-order valence-corrected chi connectivity index (χ1v) is 6.27. The summed E-state index contributed by atoms with van der Waals surface area (Å²) >= 11 is 0. The van der Waals surface area contributed by atoms with Gasteiger partial charge in [0.1, 0.15) is 0 Å². The van der Waals surface area contributed by atoms with Crippen LogP contribution in [0.3, 0.4) is 0 Å². The molecule has 1 atom stereocenters. The highest BCUT2D eigenvalue weighted by molar-refractivity contribution is 5.39. The molecule has 0 radical (unpaired) electrons. The fraction of sp³-hybridized carbons (Fsp3) is 0.600. The molecule has 1 aromatic rings. The van der Waals surface area contributed by atoms with Gasteiger partial charge in [-0.15, -0.1) is 0 Å². The molecule has 2 rings (SSSR count). The Balaban J connectivity index is 2.46. The Hall–Kier alpha value is -0.860. The molecule has 1 aromatic carbocycles. The molecule has 1 aliphatic carbocycles. The minimum absolute atomic E-state index is 0.0230. The molecular formula is C15H22O2. The average molecular weight is 234 g/mol. The number of benzene rings is 1. The van der Waals surface area contributed by atoms with E-state index in [1.54, 1.807) is 14.2 Å². The van der Waals surface area contributed by atoms with Crippen LogP contribution < -0.4 is 0 Å². The Labute approximate surface area is 104 Å². The maximum Gasteiger partial charge on any atom is 0.166 e. The number of methoxy groups -OCH3 is 2. The van der Waals surface area contributed by atoms with Crippen molar-refractivity contribution in [3.05, 3.63) is 34.9 Å². The van der Waals surface area contributed by atoms with Crippen molar-refractivity contribution < 1.29 is 9.47 Å². The normalized spacial score (nSPS) is 23.8. The monoisotopic (exact) mass is 234 g/mol. The molecule has 1 unspecified atom stereocenters. The molecule has 0 fully saturated rings. The van der Waals surface area contributed by atoms with Crippen molar-refractivity contribution in [2.45, 2.75) is 44.8 Å². The van der Waals surface area contributed by atoms with Gasteiger partial charge in [-0.25, -0.2) is 0 Å². The van der Waals surface area contributed by atoms with E-state index in [1.807, 2.05) is 0 Å². The van der Waals surface area contributed by atoms with Crippen LogP contribution in [-0.2, 0) is 21.3 Å². The lowest BCUT2D eigenvalue weighted by Gasteiger charge is -2.40. The zero-order valence-corrected chi connectivity index (χ0v) is 11.2. The summed E-state index contributed by atoms with van der Waals surface area (Å²) in [6.07, 6.45) is 3.34. The van der Waals surface area contributed by atoms with Gasteiger partial charge in [0.15, 0.2) is 6.29 Å². The lowest BCUT2D eigenvalue weighted by atomic mass is 9.70. The van der Waals surface area contributed by atoms with Gasteiger partial charge in [-0.2, -0.15) is 0 Å². The van der Waals surface area contributed by atoms with E-state index >= 15 is 0 Å². The predicted molar refractivity (Wildman–Crippen MR) is 69.3 cm³/mol. The second kappa shape index (κ2) is 4.79. The molecule has 0 heterocycles. The topological polar surface area (TPSA) is 18.5 Å². The second-order valence-electron chi connectivity index (χ2n) is 5.23. The van der Waals surface area contributed by atoms with Gasteiger partial charge < -0.3 is 9.47 Å². The van der Waals surface area contributed by atoms with E-state index in [4.69, 9.17) is 9.47 Å². The third-order valence-corrected chi connectivity index (χ3v) is 3.97. The van der Waals surface area contributed by atoms with Crippen molar-refractivity contribution in [1.29, 1.82) is 0 Å². The molecule has 0 bridgehead atoms. The first-order chi connectivity index (χ1) is 8.11. The van der Waals surface area contributed by atoms with Gasteiger partial charge in [0.05, 0.1) is 0 Å². The summed E-state index contributed by atoms with van der Waals surface area (Å²) in [7, 11) is 3.45. The number of rotatable bonds is 3. The minimum Gasteiger partial charge on any atom is -0.355 e. The number of hydrogen-bond donors (Lipinski definition) is 0. The van der Waals surface area contributed by atoms with Gasteiger partial charge in [-0.05, 0) is 37.3 Å². The van der Waals surface area contributed by atoms with E-state index in [0.29, 0.717) is 0 Å². The predicted octanol–water partition coefficient (Wildman–Crippen LogP) is 3.21. The molecular weight excluding hydrogens is 212 g/mol. The van der Waals surface area contributed by atoms with Crippen LogP contribution in [0.5, 0.6) is 0 Å². The summed E-state index contributed by atoms with van der Waals surface area (Å²) in [5.74, 6) is 0. The standard InChI is InChI=1S/C15H22O2/c1-11-7-8-13-12(10-11)6-5-9-15(13,2)14(16-3)17-4/h7-8,10,14H,5-6,9H2,1-4H3. The average Bonchev–Trinajstić information content (AvgIpc) is 2.30. The minimum atomic E-state index is -0.163. The second-order valence-corrected chi connectivity index (χ2v) is 5.23. The van der Waals surface area contributed by atoms with Gasteiger partial charge in [0.2, 0.25) is 0 Å². The zero-order chi connectivity index (χ0) is 12.5. The maximum atomic E-state index is 5.51. The van der Waals surface area contributed by atoms with Crippen LogP contribution in [0.4, 0.5) is 0 Å². The van der Waals surface area contributed by atoms with Crippen molar-refractivity contribution in [3.8, 4) is 0 Å². The van der Waals surface area contributed by atoms with Crippen LogP contribution in [0.25, 0.3) is 0 Å². The summed E-state index contributed by atoms with van der Waals surface area (Å²) < 4.78 is 11.0. The molecule has 17 heavy (non-hydrogen) atoms. The van der Waals surface area contributed by atoms with Crippen molar-refractivity contribution in [1.82, 2.24) is 0 Å². The Morgan fingerprint density at radius 3 is 2.59 bits per heavy atom. The van der Waals surface area contributed by atoms with Crippen molar-refractivity contribution in [2.75, 3.05) is 14.2 Å².